The number of nitrogens with zero attached hydrogens (tertiary/aromatic N) is 1. The van der Waals surface area contributed by atoms with Gasteiger partial charge in [-0.1, -0.05) is 72.8 Å². The van der Waals surface area contributed by atoms with Gasteiger partial charge in [-0.15, -0.1) is 0 Å². The lowest BCUT2D eigenvalue weighted by atomic mass is 10.1. The van der Waals surface area contributed by atoms with Gasteiger partial charge >= 0.3 is 5.97 Å². The van der Waals surface area contributed by atoms with E-state index in [9.17, 15) is 19.5 Å². The molecule has 1 heterocycles. The molecule has 3 aromatic carbocycles. The first-order chi connectivity index (χ1) is 15.5. The van der Waals surface area contributed by atoms with Crippen LogP contribution in [0.5, 0.6) is 0 Å². The fraction of sp³-hybridized carbons (Fsp3) is 0.115. The third-order valence-electron chi connectivity index (χ3n) is 5.31. The maximum Gasteiger partial charge on any atom is 0.326 e. The van der Waals surface area contributed by atoms with E-state index in [-0.39, 0.29) is 12.0 Å². The highest BCUT2D eigenvalue weighted by Gasteiger charge is 2.23. The van der Waals surface area contributed by atoms with E-state index in [0.29, 0.717) is 17.4 Å². The van der Waals surface area contributed by atoms with Crippen LogP contribution in [0.4, 0.5) is 0 Å². The Morgan fingerprint density at radius 2 is 1.44 bits per heavy atom. The monoisotopic (exact) mass is 426 g/mol. The molecule has 4 aromatic rings. The lowest BCUT2D eigenvalue weighted by molar-refractivity contribution is -0.139. The van der Waals surface area contributed by atoms with Crippen LogP contribution in [0.2, 0.25) is 0 Å². The standard InChI is InChI=1S/C26H22N2O4/c29-24-20-13-7-8-14-23(20)28(16-19-11-5-2-6-12-19)17-21(24)25(30)27-22(26(31)32)15-18-9-3-1-4-10-18/h1-14,17,22H,15-16H2,(H,27,30)(H,31,32)/t22-/m0/s1. The molecule has 1 amide bonds. The number of hydrogen-bond donors (Lipinski definition) is 2. The van der Waals surface area contributed by atoms with Crippen LogP contribution in [-0.4, -0.2) is 27.6 Å². The van der Waals surface area contributed by atoms with Gasteiger partial charge in [-0.2, -0.15) is 0 Å². The van der Waals surface area contributed by atoms with Gasteiger partial charge < -0.3 is 15.0 Å². The molecule has 1 atom stereocenters. The van der Waals surface area contributed by atoms with Crippen molar-refractivity contribution < 1.29 is 14.7 Å². The van der Waals surface area contributed by atoms with Crippen LogP contribution in [0, 0.1) is 0 Å². The van der Waals surface area contributed by atoms with Gasteiger partial charge in [0.05, 0.1) is 5.52 Å². The molecule has 0 aliphatic rings. The first kappa shape index (κ1) is 21.1. The van der Waals surface area contributed by atoms with Crippen LogP contribution in [0.3, 0.4) is 0 Å². The summed E-state index contributed by atoms with van der Waals surface area (Å²) in [5.41, 5.74) is 1.99. The minimum absolute atomic E-state index is 0.0843. The van der Waals surface area contributed by atoms with Gasteiger partial charge in [-0.05, 0) is 23.3 Å². The maximum atomic E-state index is 13.1. The summed E-state index contributed by atoms with van der Waals surface area (Å²) in [6.07, 6.45) is 1.63. The largest absolute Gasteiger partial charge is 0.480 e. The van der Waals surface area contributed by atoms with Gasteiger partial charge in [0.1, 0.15) is 11.6 Å². The molecule has 0 saturated carbocycles. The molecule has 32 heavy (non-hydrogen) atoms. The first-order valence-corrected chi connectivity index (χ1v) is 10.3. The second kappa shape index (κ2) is 9.31. The lowest BCUT2D eigenvalue weighted by Crippen LogP contribution is -2.43. The van der Waals surface area contributed by atoms with E-state index < -0.39 is 23.3 Å². The van der Waals surface area contributed by atoms with Crippen molar-refractivity contribution in [3.63, 3.8) is 0 Å². The third-order valence-corrected chi connectivity index (χ3v) is 5.31. The van der Waals surface area contributed by atoms with E-state index in [4.69, 9.17) is 0 Å². The molecule has 6 heteroatoms. The molecular formula is C26H22N2O4. The number of hydrogen-bond acceptors (Lipinski definition) is 3. The van der Waals surface area contributed by atoms with E-state index in [2.05, 4.69) is 5.32 Å². The minimum atomic E-state index is -1.16. The summed E-state index contributed by atoms with van der Waals surface area (Å²) >= 11 is 0. The van der Waals surface area contributed by atoms with Crippen LogP contribution < -0.4 is 10.7 Å². The van der Waals surface area contributed by atoms with Crippen LogP contribution in [0.1, 0.15) is 21.5 Å². The average Bonchev–Trinajstić information content (AvgIpc) is 2.81. The highest BCUT2D eigenvalue weighted by atomic mass is 16.4. The molecule has 0 radical (unpaired) electrons. The van der Waals surface area contributed by atoms with Crippen LogP contribution in [0.15, 0.2) is 95.9 Å². The summed E-state index contributed by atoms with van der Waals surface area (Å²) in [5, 5.41) is 12.6. The maximum absolute atomic E-state index is 13.1. The van der Waals surface area contributed by atoms with Crippen molar-refractivity contribution in [1.29, 1.82) is 0 Å². The van der Waals surface area contributed by atoms with E-state index in [1.54, 1.807) is 24.3 Å². The predicted octanol–water partition coefficient (Wildman–Crippen LogP) is 3.48. The summed E-state index contributed by atoms with van der Waals surface area (Å²) in [4.78, 5) is 37.9. The number of benzene rings is 3. The number of carboxylic acid groups (broad SMARTS) is 1. The van der Waals surface area contributed by atoms with Crippen molar-refractivity contribution in [2.24, 2.45) is 0 Å². The number of fused-ring (bicyclic) bond motifs is 1. The SMILES string of the molecule is O=C(N[C@@H](Cc1ccccc1)C(=O)O)c1cn(Cc2ccccc2)c2ccccc2c1=O. The topological polar surface area (TPSA) is 88.4 Å². The second-order valence-electron chi connectivity index (χ2n) is 7.56. The number of rotatable bonds is 7. The van der Waals surface area contributed by atoms with Gasteiger partial charge in [0.25, 0.3) is 5.91 Å². The van der Waals surface area contributed by atoms with E-state index in [1.807, 2.05) is 65.2 Å². The van der Waals surface area contributed by atoms with Crippen molar-refractivity contribution in [3.8, 4) is 0 Å². The fourth-order valence-corrected chi connectivity index (χ4v) is 3.70. The van der Waals surface area contributed by atoms with Crippen LogP contribution in [-0.2, 0) is 17.8 Å². The minimum Gasteiger partial charge on any atom is -0.480 e. The number of para-hydroxylation sites is 1. The summed E-state index contributed by atoms with van der Waals surface area (Å²) in [7, 11) is 0. The number of carbonyl (C=O) groups is 2. The molecule has 0 aliphatic heterocycles. The highest BCUT2D eigenvalue weighted by molar-refractivity contribution is 5.99. The molecule has 4 rings (SSSR count). The molecule has 0 unspecified atom stereocenters. The van der Waals surface area contributed by atoms with Crippen molar-refractivity contribution in [2.75, 3.05) is 0 Å². The number of pyridine rings is 1. The zero-order valence-corrected chi connectivity index (χ0v) is 17.3. The van der Waals surface area contributed by atoms with Crippen molar-refractivity contribution >= 4 is 22.8 Å². The molecule has 0 fully saturated rings. The Morgan fingerprint density at radius 1 is 0.844 bits per heavy atom. The van der Waals surface area contributed by atoms with Crippen molar-refractivity contribution in [2.45, 2.75) is 19.0 Å². The molecular weight excluding hydrogens is 404 g/mol. The zero-order valence-electron chi connectivity index (χ0n) is 17.3. The summed E-state index contributed by atoms with van der Waals surface area (Å²) in [6, 6.07) is 24.7. The number of nitrogens with one attached hydrogen (secondary N) is 1. The molecule has 0 saturated heterocycles. The predicted molar refractivity (Wildman–Crippen MR) is 123 cm³/mol. The summed E-state index contributed by atoms with van der Waals surface area (Å²) in [5.74, 6) is -1.86. The molecule has 1 aromatic heterocycles. The molecule has 0 spiro atoms. The molecule has 160 valence electrons. The van der Waals surface area contributed by atoms with Gasteiger partial charge in [0.15, 0.2) is 0 Å². The molecule has 2 N–H and O–H groups in total. The summed E-state index contributed by atoms with van der Waals surface area (Å²) in [6.45, 7) is 0.467. The second-order valence-corrected chi connectivity index (χ2v) is 7.56. The Labute approximate surface area is 184 Å². The Kier molecular flexibility index (Phi) is 6.12. The Morgan fingerprint density at radius 3 is 2.09 bits per heavy atom. The highest BCUT2D eigenvalue weighted by Crippen LogP contribution is 2.15. The average molecular weight is 426 g/mol. The fourth-order valence-electron chi connectivity index (χ4n) is 3.70. The first-order valence-electron chi connectivity index (χ1n) is 10.3. The Bertz CT molecular complexity index is 1310. The van der Waals surface area contributed by atoms with Crippen LogP contribution in [0.25, 0.3) is 10.9 Å². The Hall–Kier alpha value is -4.19. The number of amides is 1. The van der Waals surface area contributed by atoms with E-state index in [0.717, 1.165) is 11.1 Å². The smallest absolute Gasteiger partial charge is 0.326 e. The van der Waals surface area contributed by atoms with E-state index in [1.165, 1.54) is 6.20 Å². The lowest BCUT2D eigenvalue weighted by Gasteiger charge is -2.17. The number of aromatic nitrogens is 1. The van der Waals surface area contributed by atoms with E-state index >= 15 is 0 Å². The molecule has 6 nitrogen and oxygen atoms in total. The zero-order chi connectivity index (χ0) is 22.5. The quantitative estimate of drug-likeness (QED) is 0.474. The van der Waals surface area contributed by atoms with Crippen molar-refractivity contribution in [3.05, 3.63) is 118 Å². The number of aliphatic carboxylic acids is 1. The van der Waals surface area contributed by atoms with Gasteiger partial charge in [0, 0.05) is 24.5 Å². The van der Waals surface area contributed by atoms with Gasteiger partial charge in [-0.3, -0.25) is 9.59 Å². The van der Waals surface area contributed by atoms with Crippen LogP contribution >= 0.6 is 0 Å². The Balaban J connectivity index is 1.69. The number of carboxylic acids is 1. The molecule has 0 aliphatic carbocycles. The normalized spacial score (nSPS) is 11.8. The van der Waals surface area contributed by atoms with Crippen molar-refractivity contribution in [1.82, 2.24) is 9.88 Å². The van der Waals surface area contributed by atoms with Gasteiger partial charge in [0.2, 0.25) is 5.43 Å². The summed E-state index contributed by atoms with van der Waals surface area (Å²) < 4.78 is 1.84. The van der Waals surface area contributed by atoms with Gasteiger partial charge in [-0.25, -0.2) is 4.79 Å². The third kappa shape index (κ3) is 4.59. The molecule has 0 bridgehead atoms. The number of carbonyl (C=O) groups excluding carboxylic acids is 1.